The SMILES string of the molecule is CC1(C)CC(C)(C)c2cc(C#Cc3cc(F)cc(F)c3)ccc21. The Morgan fingerprint density at radius 1 is 0.739 bits per heavy atom. The molecule has 0 aliphatic heterocycles. The maximum Gasteiger partial charge on any atom is 0.127 e. The van der Waals surface area contributed by atoms with Crippen LogP contribution in [0.3, 0.4) is 0 Å². The Bertz CT molecular complexity index is 812. The highest BCUT2D eigenvalue weighted by molar-refractivity contribution is 5.51. The number of benzene rings is 2. The second-order valence-electron chi connectivity index (χ2n) is 7.61. The largest absolute Gasteiger partial charge is 0.207 e. The predicted octanol–water partition coefficient (Wildman–Crippen LogP) is 5.32. The topological polar surface area (TPSA) is 0 Å². The molecule has 0 fully saturated rings. The highest BCUT2D eigenvalue weighted by Crippen LogP contribution is 2.49. The molecular weight excluding hydrogens is 290 g/mol. The molecule has 0 aromatic heterocycles. The van der Waals surface area contributed by atoms with Gasteiger partial charge >= 0.3 is 0 Å². The smallest absolute Gasteiger partial charge is 0.127 e. The number of halogens is 2. The maximum absolute atomic E-state index is 13.2. The fourth-order valence-corrected chi connectivity index (χ4v) is 3.84. The van der Waals surface area contributed by atoms with E-state index in [0.717, 1.165) is 18.1 Å². The Kier molecular flexibility index (Phi) is 3.56. The highest BCUT2D eigenvalue weighted by atomic mass is 19.1. The van der Waals surface area contributed by atoms with E-state index in [4.69, 9.17) is 0 Å². The number of hydrogen-bond donors (Lipinski definition) is 0. The molecule has 0 amide bonds. The van der Waals surface area contributed by atoms with Gasteiger partial charge in [0.2, 0.25) is 0 Å². The van der Waals surface area contributed by atoms with Crippen LogP contribution in [0.15, 0.2) is 36.4 Å². The molecule has 0 N–H and O–H groups in total. The van der Waals surface area contributed by atoms with Gasteiger partial charge in [0.25, 0.3) is 0 Å². The lowest BCUT2D eigenvalue weighted by Crippen LogP contribution is -2.17. The zero-order valence-corrected chi connectivity index (χ0v) is 13.9. The van der Waals surface area contributed by atoms with Gasteiger partial charge < -0.3 is 0 Å². The lowest BCUT2D eigenvalue weighted by Gasteiger charge is -2.22. The van der Waals surface area contributed by atoms with E-state index in [2.05, 4.69) is 51.7 Å². The standard InChI is InChI=1S/C21H20F2/c1-20(2)13-21(3,4)19-11-14(7-8-18(19)20)5-6-15-9-16(22)12-17(23)10-15/h7-12H,13H2,1-4H3. The summed E-state index contributed by atoms with van der Waals surface area (Å²) >= 11 is 0. The third-order valence-electron chi connectivity index (χ3n) is 4.58. The van der Waals surface area contributed by atoms with E-state index in [1.807, 2.05) is 6.07 Å². The summed E-state index contributed by atoms with van der Waals surface area (Å²) < 4.78 is 26.4. The number of rotatable bonds is 0. The van der Waals surface area contributed by atoms with Crippen LogP contribution in [0, 0.1) is 23.5 Å². The monoisotopic (exact) mass is 310 g/mol. The van der Waals surface area contributed by atoms with Gasteiger partial charge in [-0.05, 0) is 52.6 Å². The Balaban J connectivity index is 2.00. The Labute approximate surface area is 136 Å². The van der Waals surface area contributed by atoms with Gasteiger partial charge in [-0.3, -0.25) is 0 Å². The molecule has 1 aliphatic rings. The van der Waals surface area contributed by atoms with Crippen molar-refractivity contribution in [3.63, 3.8) is 0 Å². The van der Waals surface area contributed by atoms with E-state index in [1.165, 1.54) is 23.3 Å². The molecule has 0 atom stereocenters. The predicted molar refractivity (Wildman–Crippen MR) is 89.4 cm³/mol. The molecule has 2 aromatic rings. The van der Waals surface area contributed by atoms with Crippen LogP contribution in [-0.4, -0.2) is 0 Å². The summed E-state index contributed by atoms with van der Waals surface area (Å²) in [5.41, 5.74) is 4.18. The number of hydrogen-bond acceptors (Lipinski definition) is 0. The van der Waals surface area contributed by atoms with E-state index in [0.29, 0.717) is 5.56 Å². The van der Waals surface area contributed by atoms with Gasteiger partial charge in [0.05, 0.1) is 0 Å². The molecule has 0 saturated carbocycles. The van der Waals surface area contributed by atoms with Crippen LogP contribution in [0.5, 0.6) is 0 Å². The molecule has 0 unspecified atom stereocenters. The third kappa shape index (κ3) is 3.01. The second-order valence-corrected chi connectivity index (χ2v) is 7.61. The summed E-state index contributed by atoms with van der Waals surface area (Å²) in [6.45, 7) is 9.03. The zero-order valence-electron chi connectivity index (χ0n) is 13.9. The fourth-order valence-electron chi connectivity index (χ4n) is 3.84. The van der Waals surface area contributed by atoms with Crippen LogP contribution in [0.1, 0.15) is 56.4 Å². The molecule has 3 rings (SSSR count). The molecular formula is C21H20F2. The average molecular weight is 310 g/mol. The molecule has 118 valence electrons. The molecule has 0 spiro atoms. The quantitative estimate of drug-likeness (QED) is 0.577. The lowest BCUT2D eigenvalue weighted by atomic mass is 9.82. The van der Waals surface area contributed by atoms with Gasteiger partial charge in [0.1, 0.15) is 11.6 Å². The van der Waals surface area contributed by atoms with E-state index in [1.54, 1.807) is 0 Å². The first-order chi connectivity index (χ1) is 10.7. The van der Waals surface area contributed by atoms with Gasteiger partial charge in [0, 0.05) is 17.2 Å². The lowest BCUT2D eigenvalue weighted by molar-refractivity contribution is 0.403. The van der Waals surface area contributed by atoms with E-state index < -0.39 is 11.6 Å². The van der Waals surface area contributed by atoms with Crippen molar-refractivity contribution in [1.82, 2.24) is 0 Å². The van der Waals surface area contributed by atoms with E-state index in [9.17, 15) is 8.78 Å². The van der Waals surface area contributed by atoms with Crippen LogP contribution in [0.2, 0.25) is 0 Å². The molecule has 0 heterocycles. The molecule has 0 saturated heterocycles. The van der Waals surface area contributed by atoms with Crippen molar-refractivity contribution < 1.29 is 8.78 Å². The van der Waals surface area contributed by atoms with Gasteiger partial charge in [-0.15, -0.1) is 0 Å². The van der Waals surface area contributed by atoms with E-state index in [-0.39, 0.29) is 10.8 Å². The van der Waals surface area contributed by atoms with Crippen LogP contribution in [-0.2, 0) is 10.8 Å². The minimum atomic E-state index is -0.605. The first-order valence-electron chi connectivity index (χ1n) is 7.81. The molecule has 23 heavy (non-hydrogen) atoms. The summed E-state index contributed by atoms with van der Waals surface area (Å²) in [6, 6.07) is 9.59. The first kappa shape index (κ1) is 15.7. The number of fused-ring (bicyclic) bond motifs is 1. The molecule has 2 heteroatoms. The highest BCUT2D eigenvalue weighted by Gasteiger charge is 2.41. The van der Waals surface area contributed by atoms with Crippen molar-refractivity contribution in [3.05, 3.63) is 70.3 Å². The molecule has 0 nitrogen and oxygen atoms in total. The van der Waals surface area contributed by atoms with Crippen molar-refractivity contribution in [2.75, 3.05) is 0 Å². The van der Waals surface area contributed by atoms with Crippen LogP contribution >= 0.6 is 0 Å². The second kappa shape index (κ2) is 5.20. The van der Waals surface area contributed by atoms with Gasteiger partial charge in [-0.2, -0.15) is 0 Å². The van der Waals surface area contributed by atoms with Crippen LogP contribution < -0.4 is 0 Å². The van der Waals surface area contributed by atoms with Crippen molar-refractivity contribution in [1.29, 1.82) is 0 Å². The molecule has 0 radical (unpaired) electrons. The zero-order chi connectivity index (χ0) is 16.8. The van der Waals surface area contributed by atoms with Gasteiger partial charge in [-0.25, -0.2) is 8.78 Å². The summed E-state index contributed by atoms with van der Waals surface area (Å²) in [5.74, 6) is 4.67. The fraction of sp³-hybridized carbons (Fsp3) is 0.333. The van der Waals surface area contributed by atoms with Crippen LogP contribution in [0.4, 0.5) is 8.78 Å². The summed E-state index contributed by atoms with van der Waals surface area (Å²) in [5, 5.41) is 0. The first-order valence-corrected chi connectivity index (χ1v) is 7.81. The Morgan fingerprint density at radius 3 is 1.96 bits per heavy atom. The van der Waals surface area contributed by atoms with Gasteiger partial charge in [-0.1, -0.05) is 45.6 Å². The molecule has 0 bridgehead atoms. The third-order valence-corrected chi connectivity index (χ3v) is 4.58. The van der Waals surface area contributed by atoms with Gasteiger partial charge in [0.15, 0.2) is 0 Å². The van der Waals surface area contributed by atoms with Crippen molar-refractivity contribution >= 4 is 0 Å². The van der Waals surface area contributed by atoms with E-state index >= 15 is 0 Å². The minimum Gasteiger partial charge on any atom is -0.207 e. The Hall–Kier alpha value is -2.14. The summed E-state index contributed by atoms with van der Waals surface area (Å²) in [6.07, 6.45) is 1.10. The van der Waals surface area contributed by atoms with Crippen molar-refractivity contribution in [2.24, 2.45) is 0 Å². The summed E-state index contributed by atoms with van der Waals surface area (Å²) in [4.78, 5) is 0. The van der Waals surface area contributed by atoms with Crippen molar-refractivity contribution in [3.8, 4) is 11.8 Å². The maximum atomic E-state index is 13.2. The minimum absolute atomic E-state index is 0.113. The van der Waals surface area contributed by atoms with Crippen molar-refractivity contribution in [2.45, 2.75) is 44.9 Å². The molecule has 2 aromatic carbocycles. The average Bonchev–Trinajstić information content (AvgIpc) is 2.61. The van der Waals surface area contributed by atoms with Crippen LogP contribution in [0.25, 0.3) is 0 Å². The normalized spacial score (nSPS) is 17.3. The Morgan fingerprint density at radius 2 is 1.30 bits per heavy atom. The summed E-state index contributed by atoms with van der Waals surface area (Å²) in [7, 11) is 0. The molecule has 1 aliphatic carbocycles.